The standard InChI is InChI=1S/C22H16ClN3O3/c23-18-12-16(15-6-2-1-3-7-15)10-11-20(18)29-13-21(27)25-26-14-24-19-9-5-4-8-17(19)22(26)28/h1-12,14H,13H2,(H,25,27). The van der Waals surface area contributed by atoms with Crippen LogP contribution in [0.25, 0.3) is 22.0 Å². The van der Waals surface area contributed by atoms with Crippen molar-refractivity contribution < 1.29 is 9.53 Å². The number of hydrogen-bond donors (Lipinski definition) is 1. The van der Waals surface area contributed by atoms with Crippen LogP contribution in [0.5, 0.6) is 5.75 Å². The van der Waals surface area contributed by atoms with Crippen molar-refractivity contribution in [3.8, 4) is 16.9 Å². The third-order valence-electron chi connectivity index (χ3n) is 4.31. The minimum atomic E-state index is -0.507. The molecule has 6 nitrogen and oxygen atoms in total. The number of para-hydroxylation sites is 1. The minimum Gasteiger partial charge on any atom is -0.482 e. The Hall–Kier alpha value is -3.64. The summed E-state index contributed by atoms with van der Waals surface area (Å²) in [5.74, 6) is -0.127. The Bertz CT molecular complexity index is 1240. The fraction of sp³-hybridized carbons (Fsp3) is 0.0455. The van der Waals surface area contributed by atoms with Crippen LogP contribution in [0.4, 0.5) is 0 Å². The summed E-state index contributed by atoms with van der Waals surface area (Å²) >= 11 is 6.29. The predicted molar refractivity (Wildman–Crippen MR) is 113 cm³/mol. The lowest BCUT2D eigenvalue weighted by atomic mass is 10.1. The van der Waals surface area contributed by atoms with Crippen LogP contribution in [0.3, 0.4) is 0 Å². The number of aromatic nitrogens is 2. The Morgan fingerprint density at radius 1 is 1.00 bits per heavy atom. The fourth-order valence-electron chi connectivity index (χ4n) is 2.89. The monoisotopic (exact) mass is 405 g/mol. The van der Waals surface area contributed by atoms with Gasteiger partial charge < -0.3 is 4.74 Å². The topological polar surface area (TPSA) is 73.2 Å². The molecule has 7 heteroatoms. The average molecular weight is 406 g/mol. The molecule has 1 N–H and O–H groups in total. The number of hydrogen-bond acceptors (Lipinski definition) is 4. The van der Waals surface area contributed by atoms with E-state index in [1.807, 2.05) is 36.4 Å². The second-order valence-electron chi connectivity index (χ2n) is 6.27. The highest BCUT2D eigenvalue weighted by Gasteiger charge is 2.10. The highest BCUT2D eigenvalue weighted by Crippen LogP contribution is 2.30. The van der Waals surface area contributed by atoms with Gasteiger partial charge in [0.15, 0.2) is 6.61 Å². The first-order valence-corrected chi connectivity index (χ1v) is 9.23. The second-order valence-corrected chi connectivity index (χ2v) is 6.68. The lowest BCUT2D eigenvalue weighted by Gasteiger charge is -2.11. The maximum Gasteiger partial charge on any atom is 0.280 e. The fourth-order valence-corrected chi connectivity index (χ4v) is 3.12. The Kier molecular flexibility index (Phi) is 5.27. The SMILES string of the molecule is O=C(COc1ccc(-c2ccccc2)cc1Cl)Nn1cnc2ccccc2c1=O. The van der Waals surface area contributed by atoms with Crippen LogP contribution in [0.1, 0.15) is 0 Å². The van der Waals surface area contributed by atoms with E-state index in [0.717, 1.165) is 15.8 Å². The molecule has 0 saturated heterocycles. The first kappa shape index (κ1) is 18.7. The number of carbonyl (C=O) groups is 1. The van der Waals surface area contributed by atoms with Crippen molar-refractivity contribution >= 4 is 28.4 Å². The molecule has 29 heavy (non-hydrogen) atoms. The molecule has 1 amide bonds. The van der Waals surface area contributed by atoms with Crippen LogP contribution in [-0.2, 0) is 4.79 Å². The van der Waals surface area contributed by atoms with Gasteiger partial charge in [-0.3, -0.25) is 15.0 Å². The second kappa shape index (κ2) is 8.16. The largest absolute Gasteiger partial charge is 0.482 e. The van der Waals surface area contributed by atoms with Crippen molar-refractivity contribution in [2.75, 3.05) is 12.0 Å². The Balaban J connectivity index is 1.44. The molecule has 1 aromatic heterocycles. The normalized spacial score (nSPS) is 10.7. The van der Waals surface area contributed by atoms with E-state index in [2.05, 4.69) is 10.4 Å². The molecule has 4 aromatic rings. The summed E-state index contributed by atoms with van der Waals surface area (Å²) in [6.45, 7) is -0.302. The van der Waals surface area contributed by atoms with Gasteiger partial charge in [-0.25, -0.2) is 9.66 Å². The van der Waals surface area contributed by atoms with Gasteiger partial charge in [0.1, 0.15) is 12.1 Å². The van der Waals surface area contributed by atoms with Gasteiger partial charge in [0, 0.05) is 0 Å². The maximum absolute atomic E-state index is 12.4. The highest BCUT2D eigenvalue weighted by atomic mass is 35.5. The molecule has 0 fully saturated rings. The van der Waals surface area contributed by atoms with Gasteiger partial charge in [-0.05, 0) is 35.4 Å². The molecule has 0 spiro atoms. The quantitative estimate of drug-likeness (QED) is 0.547. The van der Waals surface area contributed by atoms with Gasteiger partial charge in [0.05, 0.1) is 15.9 Å². The molecular formula is C22H16ClN3O3. The van der Waals surface area contributed by atoms with E-state index < -0.39 is 5.91 Å². The third-order valence-corrected chi connectivity index (χ3v) is 4.60. The van der Waals surface area contributed by atoms with E-state index >= 15 is 0 Å². The Morgan fingerprint density at radius 3 is 2.55 bits per heavy atom. The smallest absolute Gasteiger partial charge is 0.280 e. The predicted octanol–water partition coefficient (Wildman–Crippen LogP) is 3.87. The molecule has 0 saturated carbocycles. The van der Waals surface area contributed by atoms with Gasteiger partial charge in [0.25, 0.3) is 11.5 Å². The average Bonchev–Trinajstić information content (AvgIpc) is 2.75. The van der Waals surface area contributed by atoms with Crippen LogP contribution in [0.2, 0.25) is 5.02 Å². The number of carbonyl (C=O) groups excluding carboxylic acids is 1. The zero-order chi connectivity index (χ0) is 20.2. The lowest BCUT2D eigenvalue weighted by molar-refractivity contribution is -0.119. The zero-order valence-electron chi connectivity index (χ0n) is 15.2. The number of amides is 1. The molecule has 0 unspecified atom stereocenters. The molecule has 4 rings (SSSR count). The van der Waals surface area contributed by atoms with Gasteiger partial charge >= 0.3 is 0 Å². The van der Waals surface area contributed by atoms with E-state index in [1.165, 1.54) is 6.33 Å². The molecule has 1 heterocycles. The van der Waals surface area contributed by atoms with Gasteiger partial charge in [-0.15, -0.1) is 0 Å². The van der Waals surface area contributed by atoms with Crippen molar-refractivity contribution in [2.24, 2.45) is 0 Å². The molecule has 0 aliphatic rings. The van der Waals surface area contributed by atoms with Crippen LogP contribution in [-0.4, -0.2) is 22.2 Å². The van der Waals surface area contributed by atoms with Crippen molar-refractivity contribution in [1.82, 2.24) is 9.66 Å². The van der Waals surface area contributed by atoms with Gasteiger partial charge in [-0.1, -0.05) is 60.1 Å². The summed E-state index contributed by atoms with van der Waals surface area (Å²) in [6, 6.07) is 22.1. The summed E-state index contributed by atoms with van der Waals surface area (Å²) in [6.07, 6.45) is 1.27. The van der Waals surface area contributed by atoms with Crippen LogP contribution >= 0.6 is 11.6 Å². The molecule has 144 valence electrons. The first-order chi connectivity index (χ1) is 14.1. The van der Waals surface area contributed by atoms with Crippen molar-refractivity contribution in [1.29, 1.82) is 0 Å². The molecule has 0 radical (unpaired) electrons. The summed E-state index contributed by atoms with van der Waals surface area (Å²) in [5.41, 5.74) is 4.63. The van der Waals surface area contributed by atoms with Crippen molar-refractivity contribution in [3.05, 3.63) is 94.5 Å². The van der Waals surface area contributed by atoms with Crippen LogP contribution in [0.15, 0.2) is 83.9 Å². The van der Waals surface area contributed by atoms with Crippen molar-refractivity contribution in [3.63, 3.8) is 0 Å². The van der Waals surface area contributed by atoms with E-state index in [4.69, 9.17) is 16.3 Å². The number of fused-ring (bicyclic) bond motifs is 1. The van der Waals surface area contributed by atoms with Gasteiger partial charge in [-0.2, -0.15) is 0 Å². The lowest BCUT2D eigenvalue weighted by Crippen LogP contribution is -2.35. The Morgan fingerprint density at radius 2 is 1.76 bits per heavy atom. The summed E-state index contributed by atoms with van der Waals surface area (Å²) in [5, 5.41) is 0.805. The molecule has 0 aliphatic carbocycles. The zero-order valence-corrected chi connectivity index (χ0v) is 16.0. The number of nitrogens with one attached hydrogen (secondary N) is 1. The number of nitrogens with zero attached hydrogens (tertiary/aromatic N) is 2. The van der Waals surface area contributed by atoms with E-state index in [-0.39, 0.29) is 12.2 Å². The number of halogens is 1. The van der Waals surface area contributed by atoms with Crippen LogP contribution < -0.4 is 15.7 Å². The molecule has 0 aliphatic heterocycles. The van der Waals surface area contributed by atoms with E-state index in [9.17, 15) is 9.59 Å². The van der Waals surface area contributed by atoms with Crippen molar-refractivity contribution in [2.45, 2.75) is 0 Å². The highest BCUT2D eigenvalue weighted by molar-refractivity contribution is 6.32. The van der Waals surface area contributed by atoms with Crippen LogP contribution in [0, 0.1) is 0 Å². The Labute approximate surface area is 171 Å². The summed E-state index contributed by atoms with van der Waals surface area (Å²) in [4.78, 5) is 28.8. The summed E-state index contributed by atoms with van der Waals surface area (Å²) < 4.78 is 6.55. The van der Waals surface area contributed by atoms with E-state index in [0.29, 0.717) is 21.7 Å². The summed E-state index contributed by atoms with van der Waals surface area (Å²) in [7, 11) is 0. The number of benzene rings is 3. The number of rotatable bonds is 5. The minimum absolute atomic E-state index is 0.302. The molecule has 0 atom stereocenters. The maximum atomic E-state index is 12.4. The number of ether oxygens (including phenoxy) is 1. The third kappa shape index (κ3) is 4.12. The van der Waals surface area contributed by atoms with E-state index in [1.54, 1.807) is 36.4 Å². The first-order valence-electron chi connectivity index (χ1n) is 8.86. The molecular weight excluding hydrogens is 390 g/mol. The molecule has 0 bridgehead atoms. The molecule has 3 aromatic carbocycles. The van der Waals surface area contributed by atoms with Gasteiger partial charge in [0.2, 0.25) is 0 Å².